The van der Waals surface area contributed by atoms with E-state index in [0.29, 0.717) is 19.6 Å². The first kappa shape index (κ1) is 18.5. The summed E-state index contributed by atoms with van der Waals surface area (Å²) in [7, 11) is 0. The average molecular weight is 333 g/mol. The van der Waals surface area contributed by atoms with E-state index in [-0.39, 0.29) is 23.9 Å². The molecule has 2 rings (SSSR count). The Morgan fingerprint density at radius 2 is 1.92 bits per heavy atom. The number of fused-ring (bicyclic) bond motifs is 1. The standard InChI is InChI=1S/C19H27NO4/c1-4-23-17(21)12-15-11-10-14-8-6-7-9-16(14)18(15)20-13(3)19(22)24-5-2/h6-9,13,15,18,20H,4-5,10-12H2,1-3H3/t13?,15-,18-/m0/s1. The molecule has 0 aliphatic heterocycles. The van der Waals surface area contributed by atoms with Gasteiger partial charge in [-0.05, 0) is 50.7 Å². The van der Waals surface area contributed by atoms with E-state index >= 15 is 0 Å². The minimum atomic E-state index is -0.425. The molecule has 1 unspecified atom stereocenters. The largest absolute Gasteiger partial charge is 0.466 e. The van der Waals surface area contributed by atoms with Crippen molar-refractivity contribution >= 4 is 11.9 Å². The van der Waals surface area contributed by atoms with Gasteiger partial charge in [-0.15, -0.1) is 0 Å². The molecule has 0 saturated heterocycles. The molecule has 1 N–H and O–H groups in total. The number of hydrogen-bond donors (Lipinski definition) is 1. The highest BCUT2D eigenvalue weighted by atomic mass is 16.5. The minimum Gasteiger partial charge on any atom is -0.466 e. The first-order valence-corrected chi connectivity index (χ1v) is 8.72. The van der Waals surface area contributed by atoms with Crippen molar-refractivity contribution in [3.63, 3.8) is 0 Å². The number of carbonyl (C=O) groups is 2. The number of esters is 2. The number of nitrogens with one attached hydrogen (secondary N) is 1. The summed E-state index contributed by atoms with van der Waals surface area (Å²) in [4.78, 5) is 23.9. The molecule has 3 atom stereocenters. The van der Waals surface area contributed by atoms with Crippen LogP contribution in [0.25, 0.3) is 0 Å². The Hall–Kier alpha value is -1.88. The highest BCUT2D eigenvalue weighted by molar-refractivity contribution is 5.75. The summed E-state index contributed by atoms with van der Waals surface area (Å²) in [5.41, 5.74) is 2.43. The summed E-state index contributed by atoms with van der Waals surface area (Å²) >= 11 is 0. The Kier molecular flexibility index (Phi) is 6.79. The van der Waals surface area contributed by atoms with Crippen LogP contribution in [-0.2, 0) is 25.5 Å². The first-order chi connectivity index (χ1) is 11.6. The fourth-order valence-electron chi connectivity index (χ4n) is 3.31. The van der Waals surface area contributed by atoms with Gasteiger partial charge in [0.25, 0.3) is 0 Å². The molecule has 0 radical (unpaired) electrons. The Morgan fingerprint density at radius 1 is 1.21 bits per heavy atom. The molecule has 24 heavy (non-hydrogen) atoms. The topological polar surface area (TPSA) is 64.6 Å². The van der Waals surface area contributed by atoms with Crippen LogP contribution < -0.4 is 5.32 Å². The van der Waals surface area contributed by atoms with Gasteiger partial charge in [0.2, 0.25) is 0 Å². The second-order valence-electron chi connectivity index (χ2n) is 6.12. The average Bonchev–Trinajstić information content (AvgIpc) is 2.57. The molecule has 1 aromatic carbocycles. The number of ether oxygens (including phenoxy) is 2. The summed E-state index contributed by atoms with van der Waals surface area (Å²) in [6.45, 7) is 6.16. The molecule has 5 nitrogen and oxygen atoms in total. The van der Waals surface area contributed by atoms with E-state index in [9.17, 15) is 9.59 Å². The molecule has 1 aliphatic rings. The Balaban J connectivity index is 2.18. The van der Waals surface area contributed by atoms with Gasteiger partial charge in [0.1, 0.15) is 6.04 Å². The zero-order valence-corrected chi connectivity index (χ0v) is 14.7. The second-order valence-corrected chi connectivity index (χ2v) is 6.12. The molecular weight excluding hydrogens is 306 g/mol. The fourth-order valence-corrected chi connectivity index (χ4v) is 3.31. The molecule has 1 aromatic rings. The quantitative estimate of drug-likeness (QED) is 0.777. The summed E-state index contributed by atoms with van der Waals surface area (Å²) in [6, 6.07) is 7.72. The molecule has 0 bridgehead atoms. The van der Waals surface area contributed by atoms with Crippen LogP contribution in [0.1, 0.15) is 50.8 Å². The number of rotatable bonds is 7. The van der Waals surface area contributed by atoms with Crippen molar-refractivity contribution in [3.8, 4) is 0 Å². The van der Waals surface area contributed by atoms with Crippen molar-refractivity contribution in [2.24, 2.45) is 5.92 Å². The van der Waals surface area contributed by atoms with Crippen LogP contribution in [0.3, 0.4) is 0 Å². The van der Waals surface area contributed by atoms with Crippen molar-refractivity contribution in [2.75, 3.05) is 13.2 Å². The van der Waals surface area contributed by atoms with Crippen molar-refractivity contribution in [3.05, 3.63) is 35.4 Å². The molecule has 0 heterocycles. The Bertz CT molecular complexity index is 572. The van der Waals surface area contributed by atoms with E-state index in [2.05, 4.69) is 17.4 Å². The van der Waals surface area contributed by atoms with Crippen LogP contribution >= 0.6 is 0 Å². The van der Waals surface area contributed by atoms with Crippen molar-refractivity contribution in [2.45, 2.75) is 52.1 Å². The molecular formula is C19H27NO4. The van der Waals surface area contributed by atoms with Crippen molar-refractivity contribution in [1.29, 1.82) is 0 Å². The lowest BCUT2D eigenvalue weighted by molar-refractivity contribution is -0.145. The van der Waals surface area contributed by atoms with E-state index in [4.69, 9.17) is 9.47 Å². The summed E-state index contributed by atoms with van der Waals surface area (Å²) < 4.78 is 10.2. The molecule has 0 spiro atoms. The van der Waals surface area contributed by atoms with Gasteiger partial charge in [0, 0.05) is 6.04 Å². The van der Waals surface area contributed by atoms with E-state index in [0.717, 1.165) is 18.4 Å². The number of hydrogen-bond acceptors (Lipinski definition) is 5. The molecule has 1 aliphatic carbocycles. The van der Waals surface area contributed by atoms with Gasteiger partial charge in [0.05, 0.1) is 19.6 Å². The van der Waals surface area contributed by atoms with Gasteiger partial charge in [-0.2, -0.15) is 0 Å². The zero-order chi connectivity index (χ0) is 17.5. The van der Waals surface area contributed by atoms with Gasteiger partial charge >= 0.3 is 11.9 Å². The van der Waals surface area contributed by atoms with Crippen LogP contribution in [0.2, 0.25) is 0 Å². The maximum absolute atomic E-state index is 12.0. The molecule has 5 heteroatoms. The van der Waals surface area contributed by atoms with Crippen molar-refractivity contribution < 1.29 is 19.1 Å². The van der Waals surface area contributed by atoms with E-state index < -0.39 is 6.04 Å². The highest BCUT2D eigenvalue weighted by Crippen LogP contribution is 2.36. The normalized spacial score (nSPS) is 20.8. The Labute approximate surface area is 143 Å². The highest BCUT2D eigenvalue weighted by Gasteiger charge is 2.33. The van der Waals surface area contributed by atoms with Crippen LogP contribution in [0, 0.1) is 5.92 Å². The summed E-state index contributed by atoms with van der Waals surface area (Å²) in [6.07, 6.45) is 2.19. The lowest BCUT2D eigenvalue weighted by atomic mass is 9.78. The summed E-state index contributed by atoms with van der Waals surface area (Å²) in [5, 5.41) is 3.37. The van der Waals surface area contributed by atoms with E-state index in [1.807, 2.05) is 19.1 Å². The lowest BCUT2D eigenvalue weighted by Gasteiger charge is -2.35. The third kappa shape index (κ3) is 4.57. The third-order valence-corrected chi connectivity index (χ3v) is 4.45. The molecule has 0 aromatic heterocycles. The van der Waals surface area contributed by atoms with Crippen LogP contribution in [0.5, 0.6) is 0 Å². The number of benzene rings is 1. The van der Waals surface area contributed by atoms with Crippen LogP contribution in [0.4, 0.5) is 0 Å². The predicted molar refractivity (Wildman–Crippen MR) is 91.5 cm³/mol. The van der Waals surface area contributed by atoms with E-state index in [1.165, 1.54) is 5.56 Å². The molecule has 0 fully saturated rings. The lowest BCUT2D eigenvalue weighted by Crippen LogP contribution is -2.43. The Morgan fingerprint density at radius 3 is 2.62 bits per heavy atom. The molecule has 132 valence electrons. The predicted octanol–water partition coefficient (Wildman–Crippen LogP) is 2.78. The number of aryl methyl sites for hydroxylation is 1. The zero-order valence-electron chi connectivity index (χ0n) is 14.7. The van der Waals surface area contributed by atoms with Gasteiger partial charge in [-0.25, -0.2) is 0 Å². The van der Waals surface area contributed by atoms with Gasteiger partial charge in [-0.3, -0.25) is 14.9 Å². The molecule has 0 amide bonds. The fraction of sp³-hybridized carbons (Fsp3) is 0.579. The van der Waals surface area contributed by atoms with Crippen LogP contribution in [0.15, 0.2) is 24.3 Å². The van der Waals surface area contributed by atoms with Crippen LogP contribution in [-0.4, -0.2) is 31.2 Å². The SMILES string of the molecule is CCOC(=O)C[C@@H]1CCc2ccccc2[C@H]1NC(C)C(=O)OCC. The van der Waals surface area contributed by atoms with Gasteiger partial charge in [0.15, 0.2) is 0 Å². The third-order valence-electron chi connectivity index (χ3n) is 4.45. The van der Waals surface area contributed by atoms with E-state index in [1.54, 1.807) is 13.8 Å². The summed E-state index contributed by atoms with van der Waals surface area (Å²) in [5.74, 6) is -0.344. The maximum atomic E-state index is 12.0. The monoisotopic (exact) mass is 333 g/mol. The van der Waals surface area contributed by atoms with Gasteiger partial charge in [-0.1, -0.05) is 24.3 Å². The first-order valence-electron chi connectivity index (χ1n) is 8.72. The van der Waals surface area contributed by atoms with Crippen molar-refractivity contribution in [1.82, 2.24) is 5.32 Å². The minimum absolute atomic E-state index is 0.0567. The maximum Gasteiger partial charge on any atom is 0.322 e. The van der Waals surface area contributed by atoms with Gasteiger partial charge < -0.3 is 9.47 Å². The second kappa shape index (κ2) is 8.83. The smallest absolute Gasteiger partial charge is 0.322 e. The molecule has 0 saturated carbocycles. The number of carbonyl (C=O) groups excluding carboxylic acids is 2.